The van der Waals surface area contributed by atoms with Gasteiger partial charge in [0.15, 0.2) is 5.82 Å². The molecule has 0 aliphatic rings. The van der Waals surface area contributed by atoms with Crippen molar-refractivity contribution in [1.29, 1.82) is 0 Å². The Hall–Kier alpha value is -1.73. The number of nitrogen functional groups attached to an aromatic ring is 1. The number of primary amides is 1. The van der Waals surface area contributed by atoms with E-state index in [1.54, 1.807) is 19.1 Å². The molecule has 0 aliphatic carbocycles. The number of carbonyl (C=O) groups excluding carboxylic acids is 1. The molecule has 6 nitrogen and oxygen atoms in total. The predicted octanol–water partition coefficient (Wildman–Crippen LogP) is 1.28. The normalized spacial score (nSPS) is 12.3. The van der Waals surface area contributed by atoms with Gasteiger partial charge >= 0.3 is 0 Å². The van der Waals surface area contributed by atoms with Crippen molar-refractivity contribution in [3.63, 3.8) is 0 Å². The molecule has 0 fully saturated rings. The molecule has 1 amide bonds. The SMILES string of the molecule is C[C@H](Sc1nnc(-c2ccccc2Cl)n1N)C(N)=O. The highest BCUT2D eigenvalue weighted by Gasteiger charge is 2.18. The number of aromatic nitrogens is 3. The number of nitrogens with two attached hydrogens (primary N) is 2. The summed E-state index contributed by atoms with van der Waals surface area (Å²) in [5.74, 6) is 5.91. The number of thioether (sulfide) groups is 1. The molecule has 4 N–H and O–H groups in total. The number of nitrogens with zero attached hydrogens (tertiary/aromatic N) is 3. The maximum Gasteiger partial charge on any atom is 0.230 e. The zero-order valence-corrected chi connectivity index (χ0v) is 11.6. The minimum absolute atomic E-state index is 0.404. The van der Waals surface area contributed by atoms with E-state index in [0.29, 0.717) is 21.6 Å². The summed E-state index contributed by atoms with van der Waals surface area (Å²) >= 11 is 7.22. The number of rotatable bonds is 4. The lowest BCUT2D eigenvalue weighted by atomic mass is 10.2. The van der Waals surface area contributed by atoms with Crippen molar-refractivity contribution in [3.8, 4) is 11.4 Å². The van der Waals surface area contributed by atoms with Crippen LogP contribution in [0.2, 0.25) is 5.02 Å². The molecule has 0 bridgehead atoms. The minimum atomic E-state index is -0.439. The van der Waals surface area contributed by atoms with Gasteiger partial charge in [-0.05, 0) is 19.1 Å². The molecule has 0 saturated carbocycles. The third-order valence-corrected chi connectivity index (χ3v) is 3.87. The molecule has 0 radical (unpaired) electrons. The smallest absolute Gasteiger partial charge is 0.230 e. The van der Waals surface area contributed by atoms with Crippen LogP contribution in [0.3, 0.4) is 0 Å². The van der Waals surface area contributed by atoms with Gasteiger partial charge in [0.1, 0.15) is 0 Å². The standard InChI is InChI=1S/C11H12ClN5OS/c1-6(9(13)18)19-11-16-15-10(17(11)14)7-4-2-3-5-8(7)12/h2-6H,14H2,1H3,(H2,13,18)/t6-/m0/s1. The van der Waals surface area contributed by atoms with Gasteiger partial charge in [-0.1, -0.05) is 35.5 Å². The molecule has 1 aromatic carbocycles. The van der Waals surface area contributed by atoms with Gasteiger partial charge < -0.3 is 11.6 Å². The van der Waals surface area contributed by atoms with E-state index in [-0.39, 0.29) is 0 Å². The second-order valence-electron chi connectivity index (χ2n) is 3.82. The lowest BCUT2D eigenvalue weighted by Crippen LogP contribution is -2.23. The van der Waals surface area contributed by atoms with E-state index in [9.17, 15) is 4.79 Å². The number of hydrogen-bond donors (Lipinski definition) is 2. The summed E-state index contributed by atoms with van der Waals surface area (Å²) in [7, 11) is 0. The van der Waals surface area contributed by atoms with E-state index in [1.807, 2.05) is 12.1 Å². The Morgan fingerprint density at radius 1 is 1.42 bits per heavy atom. The third-order valence-electron chi connectivity index (χ3n) is 2.46. The highest BCUT2D eigenvalue weighted by atomic mass is 35.5. The Labute approximate surface area is 119 Å². The quantitative estimate of drug-likeness (QED) is 0.654. The molecule has 0 spiro atoms. The van der Waals surface area contributed by atoms with Crippen LogP contribution in [0.5, 0.6) is 0 Å². The summed E-state index contributed by atoms with van der Waals surface area (Å²) in [6.07, 6.45) is 0. The molecule has 0 saturated heterocycles. The Balaban J connectivity index is 2.34. The van der Waals surface area contributed by atoms with Gasteiger partial charge in [0, 0.05) is 5.56 Å². The van der Waals surface area contributed by atoms with Crippen molar-refractivity contribution >= 4 is 29.3 Å². The van der Waals surface area contributed by atoms with Crippen LogP contribution in [0.4, 0.5) is 0 Å². The van der Waals surface area contributed by atoms with Crippen LogP contribution in [-0.4, -0.2) is 26.0 Å². The Kier molecular flexibility index (Phi) is 3.96. The number of benzene rings is 1. The van der Waals surface area contributed by atoms with Crippen molar-refractivity contribution in [3.05, 3.63) is 29.3 Å². The highest BCUT2D eigenvalue weighted by Crippen LogP contribution is 2.28. The Bertz CT molecular complexity index is 615. The Morgan fingerprint density at radius 3 is 2.74 bits per heavy atom. The van der Waals surface area contributed by atoms with E-state index in [4.69, 9.17) is 23.2 Å². The van der Waals surface area contributed by atoms with Crippen molar-refractivity contribution < 1.29 is 4.79 Å². The van der Waals surface area contributed by atoms with Crippen molar-refractivity contribution in [2.24, 2.45) is 5.73 Å². The Morgan fingerprint density at radius 2 is 2.11 bits per heavy atom. The van der Waals surface area contributed by atoms with Gasteiger partial charge in [-0.25, -0.2) is 4.68 Å². The molecule has 1 aromatic heterocycles. The first-order valence-corrected chi connectivity index (χ1v) is 6.68. The van der Waals surface area contributed by atoms with Crippen LogP contribution >= 0.6 is 23.4 Å². The highest BCUT2D eigenvalue weighted by molar-refractivity contribution is 8.00. The van der Waals surface area contributed by atoms with Gasteiger partial charge in [-0.2, -0.15) is 0 Å². The van der Waals surface area contributed by atoms with Crippen LogP contribution in [0, 0.1) is 0 Å². The van der Waals surface area contributed by atoms with Crippen molar-refractivity contribution in [2.45, 2.75) is 17.3 Å². The van der Waals surface area contributed by atoms with E-state index in [0.717, 1.165) is 11.8 Å². The van der Waals surface area contributed by atoms with Crippen LogP contribution in [0.25, 0.3) is 11.4 Å². The maximum absolute atomic E-state index is 11.0. The minimum Gasteiger partial charge on any atom is -0.369 e. The zero-order valence-electron chi connectivity index (χ0n) is 10.1. The monoisotopic (exact) mass is 297 g/mol. The van der Waals surface area contributed by atoms with Crippen LogP contribution < -0.4 is 11.6 Å². The lowest BCUT2D eigenvalue weighted by Gasteiger charge is -2.07. The molecule has 2 rings (SSSR count). The molecule has 0 aliphatic heterocycles. The predicted molar refractivity (Wildman–Crippen MR) is 75.1 cm³/mol. The molecule has 8 heteroatoms. The largest absolute Gasteiger partial charge is 0.369 e. The van der Waals surface area contributed by atoms with E-state index >= 15 is 0 Å². The second-order valence-corrected chi connectivity index (χ2v) is 5.53. The zero-order chi connectivity index (χ0) is 14.0. The maximum atomic E-state index is 11.0. The first kappa shape index (κ1) is 13.7. The molecule has 100 valence electrons. The summed E-state index contributed by atoms with van der Waals surface area (Å²) in [5, 5.41) is 8.42. The summed E-state index contributed by atoms with van der Waals surface area (Å²) in [6.45, 7) is 1.68. The van der Waals surface area contributed by atoms with Crippen LogP contribution in [0.1, 0.15) is 6.92 Å². The van der Waals surface area contributed by atoms with E-state index in [2.05, 4.69) is 10.2 Å². The van der Waals surface area contributed by atoms with E-state index in [1.165, 1.54) is 4.68 Å². The first-order chi connectivity index (χ1) is 9.00. The summed E-state index contributed by atoms with van der Waals surface area (Å²) in [4.78, 5) is 11.0. The van der Waals surface area contributed by atoms with Gasteiger partial charge in [0.05, 0.1) is 10.3 Å². The average molecular weight is 298 g/mol. The van der Waals surface area contributed by atoms with Crippen LogP contribution in [-0.2, 0) is 4.79 Å². The van der Waals surface area contributed by atoms with Gasteiger partial charge in [-0.3, -0.25) is 4.79 Å². The average Bonchev–Trinajstić information content (AvgIpc) is 2.72. The van der Waals surface area contributed by atoms with Crippen molar-refractivity contribution in [1.82, 2.24) is 14.9 Å². The fourth-order valence-electron chi connectivity index (χ4n) is 1.40. The number of carbonyl (C=O) groups is 1. The molecule has 1 atom stereocenters. The number of amides is 1. The molecule has 19 heavy (non-hydrogen) atoms. The van der Waals surface area contributed by atoms with E-state index < -0.39 is 11.2 Å². The van der Waals surface area contributed by atoms with Crippen molar-refractivity contribution in [2.75, 3.05) is 5.84 Å². The molecular weight excluding hydrogens is 286 g/mol. The summed E-state index contributed by atoms with van der Waals surface area (Å²) in [5.41, 5.74) is 5.88. The molecule has 0 unspecified atom stereocenters. The number of hydrogen-bond acceptors (Lipinski definition) is 5. The fraction of sp³-hybridized carbons (Fsp3) is 0.182. The second kappa shape index (κ2) is 5.50. The molecule has 2 aromatic rings. The van der Waals surface area contributed by atoms with Gasteiger partial charge in [0.2, 0.25) is 11.1 Å². The fourth-order valence-corrected chi connectivity index (χ4v) is 2.34. The topological polar surface area (TPSA) is 99.8 Å². The number of halogens is 1. The summed E-state index contributed by atoms with van der Waals surface area (Å²) < 4.78 is 1.30. The lowest BCUT2D eigenvalue weighted by molar-refractivity contribution is -0.117. The van der Waals surface area contributed by atoms with Gasteiger partial charge in [-0.15, -0.1) is 10.2 Å². The molecular formula is C11H12ClN5OS. The molecule has 1 heterocycles. The van der Waals surface area contributed by atoms with Crippen LogP contribution in [0.15, 0.2) is 29.4 Å². The first-order valence-electron chi connectivity index (χ1n) is 5.42. The third kappa shape index (κ3) is 2.82. The van der Waals surface area contributed by atoms with Gasteiger partial charge in [0.25, 0.3) is 0 Å². The summed E-state index contributed by atoms with van der Waals surface area (Å²) in [6, 6.07) is 7.18.